The number of nitrogens with one attached hydrogen (secondary N) is 2. The van der Waals surface area contributed by atoms with E-state index in [0.717, 1.165) is 42.1 Å². The molecule has 2 heterocycles. The van der Waals surface area contributed by atoms with Crippen molar-refractivity contribution in [2.45, 2.75) is 63.5 Å². The molecule has 12 nitrogen and oxygen atoms in total. The van der Waals surface area contributed by atoms with Crippen molar-refractivity contribution in [3.05, 3.63) is 88.8 Å². The molecule has 15 heteroatoms. The molecule has 55 heavy (non-hydrogen) atoms. The highest BCUT2D eigenvalue weighted by molar-refractivity contribution is 14.1. The van der Waals surface area contributed by atoms with Crippen LogP contribution in [0.3, 0.4) is 0 Å². The number of carbonyl (C=O) groups is 2. The second kappa shape index (κ2) is 22.3. The summed E-state index contributed by atoms with van der Waals surface area (Å²) in [7, 11) is 2.91. The Labute approximate surface area is 346 Å². The van der Waals surface area contributed by atoms with Gasteiger partial charge in [-0.1, -0.05) is 23.0 Å². The van der Waals surface area contributed by atoms with Gasteiger partial charge in [-0.25, -0.2) is 0 Å². The minimum Gasteiger partial charge on any atom is -0.470 e. The summed E-state index contributed by atoms with van der Waals surface area (Å²) >= 11 is 4.87. The predicted molar refractivity (Wildman–Crippen MR) is 238 cm³/mol. The van der Waals surface area contributed by atoms with E-state index in [1.807, 2.05) is 96.6 Å². The third-order valence-corrected chi connectivity index (χ3v) is 9.38. The molecule has 2 atom stereocenters. The number of benzene rings is 2. The van der Waals surface area contributed by atoms with Gasteiger partial charge in [0.25, 0.3) is 11.8 Å². The Hall–Kier alpha value is -4.35. The van der Waals surface area contributed by atoms with Crippen molar-refractivity contribution in [1.29, 1.82) is 0 Å². The van der Waals surface area contributed by atoms with Crippen LogP contribution < -0.4 is 20.1 Å². The average Bonchev–Trinajstić information content (AvgIpc) is 3.14. The summed E-state index contributed by atoms with van der Waals surface area (Å²) in [4.78, 5) is 43.5. The summed E-state index contributed by atoms with van der Waals surface area (Å²) < 4.78 is 13.0. The molecule has 0 saturated heterocycles. The van der Waals surface area contributed by atoms with E-state index in [4.69, 9.17) is 9.47 Å². The zero-order chi connectivity index (χ0) is 41.3. The zero-order valence-electron chi connectivity index (χ0n) is 33.1. The van der Waals surface area contributed by atoms with Crippen LogP contribution in [0.15, 0.2) is 78.8 Å². The van der Waals surface area contributed by atoms with Gasteiger partial charge in [0.05, 0.1) is 34.5 Å². The maximum absolute atomic E-state index is 12.6. The molecular weight excluding hydrogens is 852 g/mol. The number of carbonyl (C=O) groups excluding carboxylic acids is 2. The Balaban J connectivity index is 0.000000364. The number of aromatic nitrogens is 2. The standard InChI is InChI=1S/C20H25N3O3S.C18H22IN3O3S.C2H4/c1-7-14-9-15-10-16(8-13(2)17(15)21-11-14)26-19(27-6)18(24)23-20(3,4)12-22-25-5;1-11-6-14(8-12-7-13(19)9-20-15(11)12)25-17(26-5)16(23)22-18(2,3)10-21-24-4;1-2/h7-12,19H,1H2,2-6H3,(H,23,24);6-10,17H,1-5H3,(H,22,23);1-2H2/b22-12+;21-10+;. The second-order valence-corrected chi connectivity index (χ2v) is 15.9. The summed E-state index contributed by atoms with van der Waals surface area (Å²) in [6, 6.07) is 11.6. The van der Waals surface area contributed by atoms with Crippen molar-refractivity contribution in [2.75, 3.05) is 26.7 Å². The highest BCUT2D eigenvalue weighted by Gasteiger charge is 2.27. The van der Waals surface area contributed by atoms with Crippen LogP contribution >= 0.6 is 46.1 Å². The molecule has 0 aliphatic heterocycles. The Morgan fingerprint density at radius 1 is 0.764 bits per heavy atom. The highest BCUT2D eigenvalue weighted by Crippen LogP contribution is 2.28. The number of hydrogen-bond donors (Lipinski definition) is 2. The summed E-state index contributed by atoms with van der Waals surface area (Å²) in [6.45, 7) is 21.0. The summed E-state index contributed by atoms with van der Waals surface area (Å²) in [5.74, 6) is 0.770. The quantitative estimate of drug-likeness (QED) is 0.0393. The van der Waals surface area contributed by atoms with Gasteiger partial charge < -0.3 is 29.8 Å². The number of ether oxygens (including phenoxy) is 2. The van der Waals surface area contributed by atoms with E-state index < -0.39 is 21.9 Å². The third kappa shape index (κ3) is 14.7. The predicted octanol–water partition coefficient (Wildman–Crippen LogP) is 8.33. The smallest absolute Gasteiger partial charge is 0.272 e. The van der Waals surface area contributed by atoms with E-state index in [1.165, 1.54) is 50.2 Å². The molecule has 0 bridgehead atoms. The minimum atomic E-state index is -0.701. The van der Waals surface area contributed by atoms with Crippen LogP contribution in [0.4, 0.5) is 0 Å². The fourth-order valence-corrected chi connectivity index (χ4v) is 6.32. The lowest BCUT2D eigenvalue weighted by Gasteiger charge is -2.24. The highest BCUT2D eigenvalue weighted by atomic mass is 127. The average molecular weight is 903 g/mol. The molecule has 0 aliphatic carbocycles. The van der Waals surface area contributed by atoms with E-state index in [0.29, 0.717) is 11.5 Å². The number of aryl methyl sites for hydroxylation is 2. The van der Waals surface area contributed by atoms with Gasteiger partial charge in [0.2, 0.25) is 10.9 Å². The van der Waals surface area contributed by atoms with Crippen molar-refractivity contribution in [3.63, 3.8) is 0 Å². The molecule has 2 unspecified atom stereocenters. The maximum Gasteiger partial charge on any atom is 0.272 e. The van der Waals surface area contributed by atoms with Crippen LogP contribution in [-0.4, -0.2) is 82.9 Å². The van der Waals surface area contributed by atoms with E-state index in [1.54, 1.807) is 12.3 Å². The molecule has 296 valence electrons. The number of thioether (sulfide) groups is 2. The molecule has 4 aromatic rings. The van der Waals surface area contributed by atoms with Crippen molar-refractivity contribution >= 4 is 98.2 Å². The van der Waals surface area contributed by atoms with Crippen LogP contribution in [0.1, 0.15) is 44.4 Å². The normalized spacial score (nSPS) is 12.5. The van der Waals surface area contributed by atoms with Crippen molar-refractivity contribution in [3.8, 4) is 11.5 Å². The molecule has 0 aliphatic rings. The van der Waals surface area contributed by atoms with Gasteiger partial charge in [-0.05, 0) is 130 Å². The lowest BCUT2D eigenvalue weighted by molar-refractivity contribution is -0.126. The van der Waals surface area contributed by atoms with E-state index in [2.05, 4.69) is 82.9 Å². The number of hydrogen-bond acceptors (Lipinski definition) is 12. The molecule has 2 aromatic heterocycles. The second-order valence-electron chi connectivity index (χ2n) is 12.9. The van der Waals surface area contributed by atoms with E-state index >= 15 is 0 Å². The Kier molecular flexibility index (Phi) is 18.9. The Morgan fingerprint density at radius 3 is 1.58 bits per heavy atom. The van der Waals surface area contributed by atoms with Crippen molar-refractivity contribution < 1.29 is 28.7 Å². The lowest BCUT2D eigenvalue weighted by Crippen LogP contribution is -2.49. The maximum atomic E-state index is 12.6. The third-order valence-electron chi connectivity index (χ3n) is 7.31. The first-order valence-corrected chi connectivity index (χ1v) is 20.5. The van der Waals surface area contributed by atoms with E-state index in [9.17, 15) is 9.59 Å². The summed E-state index contributed by atoms with van der Waals surface area (Å²) in [6.07, 6.45) is 12.1. The molecule has 0 saturated carbocycles. The number of halogens is 1. The summed E-state index contributed by atoms with van der Waals surface area (Å²) in [5, 5.41) is 15.2. The van der Waals surface area contributed by atoms with Crippen LogP contribution in [0.25, 0.3) is 27.9 Å². The van der Waals surface area contributed by atoms with Gasteiger partial charge in [0, 0.05) is 26.7 Å². The van der Waals surface area contributed by atoms with Gasteiger partial charge in [-0.3, -0.25) is 19.6 Å². The van der Waals surface area contributed by atoms with Gasteiger partial charge in [0.15, 0.2) is 0 Å². The molecular formula is C40H51IN6O6S2. The fraction of sp³-hybridized carbons (Fsp3) is 0.350. The van der Waals surface area contributed by atoms with Crippen LogP contribution in [-0.2, 0) is 19.3 Å². The lowest BCUT2D eigenvalue weighted by atomic mass is 10.1. The number of rotatable bonds is 15. The number of fused-ring (bicyclic) bond motifs is 2. The molecule has 0 spiro atoms. The first kappa shape index (κ1) is 46.8. The van der Waals surface area contributed by atoms with Gasteiger partial charge in [-0.15, -0.1) is 36.7 Å². The van der Waals surface area contributed by atoms with Gasteiger partial charge in [-0.2, -0.15) is 0 Å². The zero-order valence-corrected chi connectivity index (χ0v) is 36.9. The van der Waals surface area contributed by atoms with Crippen molar-refractivity contribution in [2.24, 2.45) is 10.3 Å². The number of oxime groups is 2. The topological polar surface area (TPSA) is 146 Å². The molecule has 2 amide bonds. The molecule has 4 rings (SSSR count). The van der Waals surface area contributed by atoms with Gasteiger partial charge >= 0.3 is 0 Å². The fourth-order valence-electron chi connectivity index (χ4n) is 4.88. The number of amides is 2. The SMILES string of the molecule is C=C.C=Cc1cnc2c(C)cc(OC(SC)C(=O)NC(C)(C)/C=N/OC)cc2c1.CO/N=C/C(C)(C)NC(=O)C(Oc1cc(C)c2ncc(I)cc2c1)SC. The minimum absolute atomic E-state index is 0.233. The molecule has 0 fully saturated rings. The Morgan fingerprint density at radius 2 is 1.18 bits per heavy atom. The number of pyridine rings is 2. The van der Waals surface area contributed by atoms with Crippen LogP contribution in [0.5, 0.6) is 11.5 Å². The number of nitrogens with zero attached hydrogens (tertiary/aromatic N) is 4. The van der Waals surface area contributed by atoms with E-state index in [-0.39, 0.29) is 11.8 Å². The first-order chi connectivity index (χ1) is 26.0. The molecule has 2 aromatic carbocycles. The summed E-state index contributed by atoms with van der Waals surface area (Å²) in [5.41, 5.74) is 2.04. The van der Waals surface area contributed by atoms with Crippen molar-refractivity contribution in [1.82, 2.24) is 20.6 Å². The first-order valence-electron chi connectivity index (χ1n) is 16.8. The van der Waals surface area contributed by atoms with Crippen LogP contribution in [0.2, 0.25) is 0 Å². The largest absolute Gasteiger partial charge is 0.470 e. The molecule has 0 radical (unpaired) electrons. The Bertz CT molecular complexity index is 1990. The molecule has 2 N–H and O–H groups in total. The monoisotopic (exact) mass is 902 g/mol. The van der Waals surface area contributed by atoms with Crippen LogP contribution in [0, 0.1) is 17.4 Å². The van der Waals surface area contributed by atoms with Gasteiger partial charge in [0.1, 0.15) is 25.7 Å².